The van der Waals surface area contributed by atoms with Gasteiger partial charge in [0, 0.05) is 6.54 Å². The molecule has 0 aliphatic carbocycles. The molecule has 0 radical (unpaired) electrons. The zero-order valence-electron chi connectivity index (χ0n) is 11.1. The minimum atomic E-state index is -0.375. The molecule has 0 heterocycles. The molecule has 0 bridgehead atoms. The standard InChI is InChI=1S/C16H17NO2.ClH/c18-16(19-13-15-9-5-2-6-10-15)17-12-11-14-7-3-1-4-8-14;/h1-10H,11-13H2,(H,17,18);1H. The second-order valence-electron chi connectivity index (χ2n) is 4.22. The molecule has 2 aromatic carbocycles. The number of amides is 1. The number of nitrogens with one attached hydrogen (secondary N) is 1. The van der Waals surface area contributed by atoms with Crippen LogP contribution in [0.2, 0.25) is 0 Å². The fourth-order valence-corrected chi connectivity index (χ4v) is 1.73. The van der Waals surface area contributed by atoms with Gasteiger partial charge in [0.2, 0.25) is 0 Å². The van der Waals surface area contributed by atoms with Gasteiger partial charge in [0.05, 0.1) is 0 Å². The minimum Gasteiger partial charge on any atom is -0.445 e. The zero-order valence-corrected chi connectivity index (χ0v) is 11.9. The van der Waals surface area contributed by atoms with Crippen molar-refractivity contribution < 1.29 is 9.53 Å². The van der Waals surface area contributed by atoms with Crippen molar-refractivity contribution in [2.75, 3.05) is 6.54 Å². The number of rotatable bonds is 5. The maximum Gasteiger partial charge on any atom is 0.407 e. The average Bonchev–Trinajstić information content (AvgIpc) is 2.47. The van der Waals surface area contributed by atoms with Crippen LogP contribution in [0.15, 0.2) is 60.7 Å². The van der Waals surface area contributed by atoms with Crippen LogP contribution < -0.4 is 5.32 Å². The summed E-state index contributed by atoms with van der Waals surface area (Å²) >= 11 is 0. The Hall–Kier alpha value is -2.00. The first-order valence-electron chi connectivity index (χ1n) is 6.33. The van der Waals surface area contributed by atoms with E-state index in [0.29, 0.717) is 13.2 Å². The molecular weight excluding hydrogens is 274 g/mol. The molecule has 0 unspecified atom stereocenters. The summed E-state index contributed by atoms with van der Waals surface area (Å²) in [4.78, 5) is 11.5. The molecule has 0 aromatic heterocycles. The van der Waals surface area contributed by atoms with Crippen molar-refractivity contribution in [1.29, 1.82) is 0 Å². The van der Waals surface area contributed by atoms with Gasteiger partial charge in [0.25, 0.3) is 0 Å². The van der Waals surface area contributed by atoms with Gasteiger partial charge < -0.3 is 10.1 Å². The fourth-order valence-electron chi connectivity index (χ4n) is 1.73. The Morgan fingerprint density at radius 1 is 0.900 bits per heavy atom. The number of benzene rings is 2. The van der Waals surface area contributed by atoms with Crippen LogP contribution in [0.3, 0.4) is 0 Å². The highest BCUT2D eigenvalue weighted by Crippen LogP contribution is 2.01. The summed E-state index contributed by atoms with van der Waals surface area (Å²) in [6, 6.07) is 19.7. The van der Waals surface area contributed by atoms with Crippen molar-refractivity contribution in [3.05, 3.63) is 71.8 Å². The van der Waals surface area contributed by atoms with E-state index < -0.39 is 0 Å². The van der Waals surface area contributed by atoms with Crippen molar-refractivity contribution in [3.8, 4) is 0 Å². The SMILES string of the molecule is Cl.O=C(NCCc1ccccc1)OCc1ccccc1. The van der Waals surface area contributed by atoms with E-state index in [9.17, 15) is 4.79 Å². The van der Waals surface area contributed by atoms with Gasteiger partial charge in [0.1, 0.15) is 6.61 Å². The van der Waals surface area contributed by atoms with Crippen LogP contribution in [0.4, 0.5) is 4.79 Å². The number of carbonyl (C=O) groups excluding carboxylic acids is 1. The van der Waals surface area contributed by atoms with Crippen LogP contribution in [-0.4, -0.2) is 12.6 Å². The van der Waals surface area contributed by atoms with Gasteiger partial charge in [-0.05, 0) is 17.5 Å². The summed E-state index contributed by atoms with van der Waals surface area (Å²) in [6.45, 7) is 0.885. The van der Waals surface area contributed by atoms with E-state index >= 15 is 0 Å². The molecule has 2 aromatic rings. The van der Waals surface area contributed by atoms with Crippen LogP contribution in [0.25, 0.3) is 0 Å². The maximum absolute atomic E-state index is 11.5. The van der Waals surface area contributed by atoms with Gasteiger partial charge in [-0.25, -0.2) is 4.79 Å². The third-order valence-electron chi connectivity index (χ3n) is 2.74. The van der Waals surface area contributed by atoms with E-state index in [0.717, 1.165) is 12.0 Å². The van der Waals surface area contributed by atoms with Crippen LogP contribution in [0.5, 0.6) is 0 Å². The second-order valence-corrected chi connectivity index (χ2v) is 4.22. The Labute approximate surface area is 125 Å². The molecule has 0 atom stereocenters. The number of ether oxygens (including phenoxy) is 1. The Balaban J connectivity index is 0.00000200. The molecule has 0 spiro atoms. The third kappa shape index (κ3) is 5.76. The maximum atomic E-state index is 11.5. The van der Waals surface area contributed by atoms with Gasteiger partial charge >= 0.3 is 6.09 Å². The highest BCUT2D eigenvalue weighted by Gasteiger charge is 2.01. The Morgan fingerprint density at radius 2 is 1.45 bits per heavy atom. The van der Waals surface area contributed by atoms with Crippen molar-refractivity contribution >= 4 is 18.5 Å². The molecule has 106 valence electrons. The van der Waals surface area contributed by atoms with Crippen molar-refractivity contribution in [2.24, 2.45) is 0 Å². The highest BCUT2D eigenvalue weighted by atomic mass is 35.5. The van der Waals surface area contributed by atoms with Crippen molar-refractivity contribution in [3.63, 3.8) is 0 Å². The van der Waals surface area contributed by atoms with Crippen LogP contribution in [0.1, 0.15) is 11.1 Å². The van der Waals surface area contributed by atoms with E-state index in [4.69, 9.17) is 4.74 Å². The number of halogens is 1. The lowest BCUT2D eigenvalue weighted by molar-refractivity contribution is 0.140. The average molecular weight is 292 g/mol. The molecule has 0 saturated carbocycles. The predicted molar refractivity (Wildman–Crippen MR) is 82.0 cm³/mol. The van der Waals surface area contributed by atoms with Gasteiger partial charge in [0.15, 0.2) is 0 Å². The second kappa shape index (κ2) is 8.99. The molecule has 1 amide bonds. The lowest BCUT2D eigenvalue weighted by Crippen LogP contribution is -2.26. The first kappa shape index (κ1) is 16.1. The first-order valence-corrected chi connectivity index (χ1v) is 6.33. The topological polar surface area (TPSA) is 38.3 Å². The molecule has 1 N–H and O–H groups in total. The van der Waals surface area contributed by atoms with E-state index in [2.05, 4.69) is 5.32 Å². The Bertz CT molecular complexity index is 502. The van der Waals surface area contributed by atoms with E-state index in [1.54, 1.807) is 0 Å². The lowest BCUT2D eigenvalue weighted by atomic mass is 10.1. The van der Waals surface area contributed by atoms with Gasteiger partial charge in [-0.3, -0.25) is 0 Å². The molecule has 20 heavy (non-hydrogen) atoms. The monoisotopic (exact) mass is 291 g/mol. The van der Waals surface area contributed by atoms with Crippen molar-refractivity contribution in [1.82, 2.24) is 5.32 Å². The Kier molecular flexibility index (Phi) is 7.22. The summed E-state index contributed by atoms with van der Waals surface area (Å²) < 4.78 is 5.12. The number of hydrogen-bond acceptors (Lipinski definition) is 2. The summed E-state index contributed by atoms with van der Waals surface area (Å²) in [5, 5.41) is 2.74. The quantitative estimate of drug-likeness (QED) is 0.914. The van der Waals surface area contributed by atoms with E-state index in [1.807, 2.05) is 60.7 Å². The molecular formula is C16H18ClNO2. The van der Waals surface area contributed by atoms with Crippen LogP contribution in [0, 0.1) is 0 Å². The molecule has 0 aliphatic rings. The van der Waals surface area contributed by atoms with Gasteiger partial charge in [-0.1, -0.05) is 60.7 Å². The largest absolute Gasteiger partial charge is 0.445 e. The first-order chi connectivity index (χ1) is 9.34. The summed E-state index contributed by atoms with van der Waals surface area (Å²) in [6.07, 6.45) is 0.432. The molecule has 2 rings (SSSR count). The normalized spacial score (nSPS) is 9.40. The molecule has 0 aliphatic heterocycles. The summed E-state index contributed by atoms with van der Waals surface area (Å²) in [7, 11) is 0. The third-order valence-corrected chi connectivity index (χ3v) is 2.74. The number of carbonyl (C=O) groups is 1. The number of hydrogen-bond donors (Lipinski definition) is 1. The van der Waals surface area contributed by atoms with Crippen LogP contribution >= 0.6 is 12.4 Å². The smallest absolute Gasteiger partial charge is 0.407 e. The Morgan fingerprint density at radius 3 is 2.05 bits per heavy atom. The zero-order chi connectivity index (χ0) is 13.3. The van der Waals surface area contributed by atoms with Gasteiger partial charge in [-0.2, -0.15) is 0 Å². The van der Waals surface area contributed by atoms with Gasteiger partial charge in [-0.15, -0.1) is 12.4 Å². The molecule has 0 fully saturated rings. The van der Waals surface area contributed by atoms with E-state index in [-0.39, 0.29) is 18.5 Å². The predicted octanol–water partition coefficient (Wildman–Crippen LogP) is 3.58. The van der Waals surface area contributed by atoms with E-state index in [1.165, 1.54) is 5.56 Å². The molecule has 0 saturated heterocycles. The molecule has 4 heteroatoms. The summed E-state index contributed by atoms with van der Waals surface area (Å²) in [5.41, 5.74) is 2.19. The van der Waals surface area contributed by atoms with Crippen LogP contribution in [-0.2, 0) is 17.8 Å². The molecule has 3 nitrogen and oxygen atoms in total. The minimum absolute atomic E-state index is 0. The highest BCUT2D eigenvalue weighted by molar-refractivity contribution is 5.85. The fraction of sp³-hybridized carbons (Fsp3) is 0.188. The summed E-state index contributed by atoms with van der Waals surface area (Å²) in [5.74, 6) is 0. The van der Waals surface area contributed by atoms with Crippen molar-refractivity contribution in [2.45, 2.75) is 13.0 Å². The number of alkyl carbamates (subject to hydrolysis) is 1. The lowest BCUT2D eigenvalue weighted by Gasteiger charge is -2.07.